The third-order valence-corrected chi connectivity index (χ3v) is 3.39. The Bertz CT molecular complexity index is 414. The van der Waals surface area contributed by atoms with E-state index in [0.717, 1.165) is 19.5 Å². The second kappa shape index (κ2) is 7.79. The molecule has 0 aliphatic carbocycles. The van der Waals surface area contributed by atoms with Gasteiger partial charge in [0.2, 0.25) is 0 Å². The van der Waals surface area contributed by atoms with Crippen LogP contribution < -0.4 is 10.6 Å². The Morgan fingerprint density at radius 2 is 2.10 bits per heavy atom. The molecule has 2 rings (SSSR count). The maximum absolute atomic E-state index is 11.9. The monoisotopic (exact) mass is 277 g/mol. The van der Waals surface area contributed by atoms with E-state index in [1.807, 2.05) is 6.92 Å². The smallest absolute Gasteiger partial charge is 0.271 e. The lowest BCUT2D eigenvalue weighted by Crippen LogP contribution is -2.29. The minimum Gasteiger partial charge on any atom is -0.369 e. The summed E-state index contributed by atoms with van der Waals surface area (Å²) in [4.78, 5) is 14.3. The number of anilines is 1. The van der Waals surface area contributed by atoms with Crippen molar-refractivity contribution in [2.75, 3.05) is 38.0 Å². The van der Waals surface area contributed by atoms with Gasteiger partial charge in [0.1, 0.15) is 5.82 Å². The molecule has 20 heavy (non-hydrogen) atoms. The van der Waals surface area contributed by atoms with E-state index in [9.17, 15) is 4.79 Å². The number of rotatable bonds is 7. The molecule has 1 saturated heterocycles. The molecule has 1 fully saturated rings. The molecule has 6 nitrogen and oxygen atoms in total. The van der Waals surface area contributed by atoms with Crippen LogP contribution in [-0.2, 0) is 0 Å². The zero-order chi connectivity index (χ0) is 14.2. The first kappa shape index (κ1) is 14.7. The first-order valence-electron chi connectivity index (χ1n) is 7.37. The molecule has 2 heterocycles. The van der Waals surface area contributed by atoms with Gasteiger partial charge in [-0.25, -0.2) is 0 Å². The summed E-state index contributed by atoms with van der Waals surface area (Å²) in [5.41, 5.74) is 0.368. The lowest BCUT2D eigenvalue weighted by Gasteiger charge is -2.14. The van der Waals surface area contributed by atoms with E-state index < -0.39 is 0 Å². The van der Waals surface area contributed by atoms with Crippen molar-refractivity contribution in [2.45, 2.75) is 26.2 Å². The lowest BCUT2D eigenvalue weighted by molar-refractivity contribution is 0.0946. The number of nitrogens with one attached hydrogen (secondary N) is 2. The summed E-state index contributed by atoms with van der Waals surface area (Å²) < 4.78 is 0. The highest BCUT2D eigenvalue weighted by Crippen LogP contribution is 2.07. The summed E-state index contributed by atoms with van der Waals surface area (Å²) in [6, 6.07) is 3.47. The van der Waals surface area contributed by atoms with Crippen molar-refractivity contribution in [2.24, 2.45) is 0 Å². The van der Waals surface area contributed by atoms with Gasteiger partial charge < -0.3 is 15.5 Å². The Labute approximate surface area is 120 Å². The molecular weight excluding hydrogens is 254 g/mol. The first-order valence-corrected chi connectivity index (χ1v) is 7.37. The molecule has 1 aliphatic heterocycles. The Balaban J connectivity index is 1.68. The van der Waals surface area contributed by atoms with Gasteiger partial charge in [0, 0.05) is 13.1 Å². The van der Waals surface area contributed by atoms with Crippen LogP contribution in [0.15, 0.2) is 12.1 Å². The Hall–Kier alpha value is -1.69. The van der Waals surface area contributed by atoms with E-state index in [-0.39, 0.29) is 5.91 Å². The summed E-state index contributed by atoms with van der Waals surface area (Å²) in [6.45, 7) is 6.92. The molecule has 0 atom stereocenters. The van der Waals surface area contributed by atoms with Crippen molar-refractivity contribution in [3.8, 4) is 0 Å². The van der Waals surface area contributed by atoms with Gasteiger partial charge in [0.05, 0.1) is 0 Å². The molecule has 2 N–H and O–H groups in total. The van der Waals surface area contributed by atoms with Crippen LogP contribution >= 0.6 is 0 Å². The number of nitrogens with zero attached hydrogens (tertiary/aromatic N) is 3. The van der Waals surface area contributed by atoms with Crippen LogP contribution in [0, 0.1) is 0 Å². The highest BCUT2D eigenvalue weighted by Gasteiger charge is 2.11. The van der Waals surface area contributed by atoms with Crippen molar-refractivity contribution in [1.82, 2.24) is 20.4 Å². The van der Waals surface area contributed by atoms with Gasteiger partial charge in [-0.3, -0.25) is 4.79 Å². The van der Waals surface area contributed by atoms with Gasteiger partial charge in [-0.1, -0.05) is 0 Å². The van der Waals surface area contributed by atoms with Crippen LogP contribution in [-0.4, -0.2) is 53.7 Å². The summed E-state index contributed by atoms with van der Waals surface area (Å²) in [6.07, 6.45) is 3.59. The molecule has 110 valence electrons. The van der Waals surface area contributed by atoms with Crippen LogP contribution in [0.25, 0.3) is 0 Å². The number of amides is 1. The summed E-state index contributed by atoms with van der Waals surface area (Å²) in [7, 11) is 0. The predicted octanol–water partition coefficient (Wildman–Crippen LogP) is 1.12. The quantitative estimate of drug-likeness (QED) is 0.731. The van der Waals surface area contributed by atoms with Crippen LogP contribution in [0.5, 0.6) is 0 Å². The standard InChI is InChI=1S/C14H23N5O/c1-2-15-13-7-6-12(17-18-13)14(20)16-8-5-11-19-9-3-4-10-19/h6-7H,2-5,8-11H2,1H3,(H,15,18)(H,16,20). The molecular formula is C14H23N5O. The topological polar surface area (TPSA) is 70.2 Å². The van der Waals surface area contributed by atoms with E-state index in [1.165, 1.54) is 25.9 Å². The number of likely N-dealkylation sites (tertiary alicyclic amines) is 1. The van der Waals surface area contributed by atoms with Crippen LogP contribution in [0.3, 0.4) is 0 Å². The average molecular weight is 277 g/mol. The van der Waals surface area contributed by atoms with E-state index in [1.54, 1.807) is 12.1 Å². The summed E-state index contributed by atoms with van der Waals surface area (Å²) >= 11 is 0. The average Bonchev–Trinajstić information content (AvgIpc) is 2.98. The highest BCUT2D eigenvalue weighted by atomic mass is 16.1. The van der Waals surface area contributed by atoms with Crippen LogP contribution in [0.4, 0.5) is 5.82 Å². The fourth-order valence-electron chi connectivity index (χ4n) is 2.33. The van der Waals surface area contributed by atoms with Gasteiger partial charge in [0.25, 0.3) is 5.91 Å². The Morgan fingerprint density at radius 3 is 2.75 bits per heavy atom. The van der Waals surface area contributed by atoms with Gasteiger partial charge in [-0.2, -0.15) is 0 Å². The predicted molar refractivity (Wildman–Crippen MR) is 78.8 cm³/mol. The zero-order valence-electron chi connectivity index (χ0n) is 12.1. The third-order valence-electron chi connectivity index (χ3n) is 3.39. The van der Waals surface area contributed by atoms with Crippen molar-refractivity contribution in [3.05, 3.63) is 17.8 Å². The normalized spacial score (nSPS) is 15.2. The van der Waals surface area contributed by atoms with Crippen LogP contribution in [0.2, 0.25) is 0 Å². The lowest BCUT2D eigenvalue weighted by atomic mass is 10.3. The van der Waals surface area contributed by atoms with Crippen molar-refractivity contribution in [3.63, 3.8) is 0 Å². The fourth-order valence-corrected chi connectivity index (χ4v) is 2.33. The van der Waals surface area contributed by atoms with Gasteiger partial charge in [0.15, 0.2) is 5.69 Å². The second-order valence-electron chi connectivity index (χ2n) is 4.99. The molecule has 1 aliphatic rings. The molecule has 0 bridgehead atoms. The van der Waals surface area contributed by atoms with Crippen LogP contribution in [0.1, 0.15) is 36.7 Å². The molecule has 1 aromatic heterocycles. The second-order valence-corrected chi connectivity index (χ2v) is 4.99. The summed E-state index contributed by atoms with van der Waals surface area (Å²) in [5.74, 6) is 0.542. The molecule has 6 heteroatoms. The van der Waals surface area contributed by atoms with Crippen molar-refractivity contribution >= 4 is 11.7 Å². The SMILES string of the molecule is CCNc1ccc(C(=O)NCCCN2CCCC2)nn1. The number of aromatic nitrogens is 2. The summed E-state index contributed by atoms with van der Waals surface area (Å²) in [5, 5.41) is 13.8. The number of carbonyl (C=O) groups is 1. The molecule has 0 spiro atoms. The maximum Gasteiger partial charge on any atom is 0.271 e. The van der Waals surface area contributed by atoms with Gasteiger partial charge in [-0.15, -0.1) is 10.2 Å². The van der Waals surface area contributed by atoms with Gasteiger partial charge >= 0.3 is 0 Å². The van der Waals surface area contributed by atoms with Crippen molar-refractivity contribution < 1.29 is 4.79 Å². The molecule has 1 amide bonds. The molecule has 0 aromatic carbocycles. The minimum atomic E-state index is -0.151. The largest absolute Gasteiger partial charge is 0.369 e. The van der Waals surface area contributed by atoms with Gasteiger partial charge in [-0.05, 0) is 58.0 Å². The fraction of sp³-hybridized carbons (Fsp3) is 0.643. The number of hydrogen-bond acceptors (Lipinski definition) is 5. The van der Waals surface area contributed by atoms with E-state index in [2.05, 4.69) is 25.7 Å². The van der Waals surface area contributed by atoms with Crippen molar-refractivity contribution in [1.29, 1.82) is 0 Å². The third kappa shape index (κ3) is 4.45. The number of hydrogen-bond donors (Lipinski definition) is 2. The zero-order valence-corrected chi connectivity index (χ0v) is 12.1. The Kier molecular flexibility index (Phi) is 5.73. The maximum atomic E-state index is 11.9. The minimum absolute atomic E-state index is 0.151. The number of carbonyl (C=O) groups excluding carboxylic acids is 1. The molecule has 1 aromatic rings. The first-order chi connectivity index (χ1) is 9.79. The Morgan fingerprint density at radius 1 is 1.30 bits per heavy atom. The highest BCUT2D eigenvalue weighted by molar-refractivity contribution is 5.92. The van der Waals surface area contributed by atoms with E-state index in [0.29, 0.717) is 18.1 Å². The van der Waals surface area contributed by atoms with E-state index >= 15 is 0 Å². The van der Waals surface area contributed by atoms with E-state index in [4.69, 9.17) is 0 Å². The molecule has 0 radical (unpaired) electrons. The molecule has 0 unspecified atom stereocenters. The molecule has 0 saturated carbocycles.